The van der Waals surface area contributed by atoms with Gasteiger partial charge in [-0.25, -0.2) is 19.6 Å². The number of carboxylic acids is 1. The molecule has 0 saturated carbocycles. The summed E-state index contributed by atoms with van der Waals surface area (Å²) < 4.78 is 5.74. The molecule has 0 aliphatic heterocycles. The third-order valence-electron chi connectivity index (χ3n) is 5.16. The van der Waals surface area contributed by atoms with Crippen LogP contribution in [0.3, 0.4) is 0 Å². The third-order valence-corrected chi connectivity index (χ3v) is 6.04. The third kappa shape index (κ3) is 6.30. The molecule has 10 heteroatoms. The number of carbonyl (C=O) groups is 2. The number of rotatable bonds is 7. The van der Waals surface area contributed by atoms with Crippen molar-refractivity contribution in [2.24, 2.45) is 0 Å². The van der Waals surface area contributed by atoms with Crippen LogP contribution in [0, 0.1) is 0 Å². The van der Waals surface area contributed by atoms with Gasteiger partial charge in [0.05, 0.1) is 11.8 Å². The summed E-state index contributed by atoms with van der Waals surface area (Å²) in [7, 11) is 3.73. The van der Waals surface area contributed by atoms with E-state index < -0.39 is 12.0 Å². The normalized spacial score (nSPS) is 12.8. The van der Waals surface area contributed by atoms with Crippen LogP contribution in [0.5, 0.6) is 0 Å². The van der Waals surface area contributed by atoms with Gasteiger partial charge in [0, 0.05) is 34.3 Å². The minimum atomic E-state index is -1.01. The molecule has 0 aliphatic carbocycles. The van der Waals surface area contributed by atoms with Crippen molar-refractivity contribution in [3.05, 3.63) is 58.2 Å². The average Bonchev–Trinajstić information content (AvgIpc) is 3.40. The smallest absolute Gasteiger partial charge is 0.336 e. The first-order valence-corrected chi connectivity index (χ1v) is 11.5. The van der Waals surface area contributed by atoms with E-state index in [1.807, 2.05) is 32.0 Å². The summed E-state index contributed by atoms with van der Waals surface area (Å²) in [6.07, 6.45) is 6.93. The second kappa shape index (κ2) is 10.2. The number of aromatic carboxylic acids is 1. The molecule has 0 saturated heterocycles. The van der Waals surface area contributed by atoms with Crippen LogP contribution in [0.25, 0.3) is 12.2 Å². The molecule has 1 unspecified atom stereocenters. The number of nitrogens with zero attached hydrogens (tertiary/aromatic N) is 3. The number of urea groups is 1. The van der Waals surface area contributed by atoms with Crippen molar-refractivity contribution in [3.8, 4) is 0 Å². The molecule has 1 atom stereocenters. The van der Waals surface area contributed by atoms with Crippen LogP contribution in [0.15, 0.2) is 35.0 Å². The fourth-order valence-corrected chi connectivity index (χ4v) is 3.72. The Labute approximate surface area is 202 Å². The monoisotopic (exact) mass is 483 g/mol. The molecule has 2 aromatic heterocycles. The lowest BCUT2D eigenvalue weighted by Gasteiger charge is -2.22. The van der Waals surface area contributed by atoms with E-state index in [1.54, 1.807) is 30.6 Å². The number of aromatic nitrogens is 2. The van der Waals surface area contributed by atoms with E-state index in [1.165, 1.54) is 17.4 Å². The van der Waals surface area contributed by atoms with E-state index in [2.05, 4.69) is 41.4 Å². The Morgan fingerprint density at radius 3 is 2.50 bits per heavy atom. The van der Waals surface area contributed by atoms with Crippen LogP contribution in [-0.4, -0.2) is 46.1 Å². The number of hydrogen-bond donors (Lipinski definition) is 3. The Hall–Kier alpha value is -3.50. The second-order valence-electron chi connectivity index (χ2n) is 9.04. The summed E-state index contributed by atoms with van der Waals surface area (Å²) >= 11 is 1.30. The lowest BCUT2D eigenvalue weighted by atomic mass is 9.94. The van der Waals surface area contributed by atoms with Gasteiger partial charge in [0.2, 0.25) is 5.89 Å². The molecular formula is C24H29N5O4S. The van der Waals surface area contributed by atoms with Gasteiger partial charge in [0.1, 0.15) is 5.76 Å². The Bertz CT molecular complexity index is 1210. The summed E-state index contributed by atoms with van der Waals surface area (Å²) in [5.74, 6) is 0.288. The summed E-state index contributed by atoms with van der Waals surface area (Å²) in [6, 6.07) is 4.11. The van der Waals surface area contributed by atoms with E-state index in [0.29, 0.717) is 22.3 Å². The molecule has 0 bridgehead atoms. The Morgan fingerprint density at radius 2 is 1.88 bits per heavy atom. The maximum Gasteiger partial charge on any atom is 0.336 e. The van der Waals surface area contributed by atoms with Crippen molar-refractivity contribution < 1.29 is 19.1 Å². The molecule has 0 radical (unpaired) electrons. The van der Waals surface area contributed by atoms with Crippen LogP contribution >= 0.6 is 11.3 Å². The highest BCUT2D eigenvalue weighted by molar-refractivity contribution is 7.16. The molecule has 180 valence electrons. The Balaban J connectivity index is 1.65. The molecule has 34 heavy (non-hydrogen) atoms. The van der Waals surface area contributed by atoms with E-state index in [4.69, 9.17) is 4.42 Å². The first-order valence-electron chi connectivity index (χ1n) is 10.7. The first-order chi connectivity index (χ1) is 15.9. The van der Waals surface area contributed by atoms with Crippen molar-refractivity contribution in [1.82, 2.24) is 14.9 Å². The van der Waals surface area contributed by atoms with Crippen molar-refractivity contribution >= 4 is 46.3 Å². The zero-order chi connectivity index (χ0) is 25.0. The maximum atomic E-state index is 12.5. The van der Waals surface area contributed by atoms with E-state index >= 15 is 0 Å². The molecule has 3 aromatic rings. The van der Waals surface area contributed by atoms with Gasteiger partial charge >= 0.3 is 12.0 Å². The number of hydrogen-bond acceptors (Lipinski definition) is 7. The second-order valence-corrected chi connectivity index (χ2v) is 10.1. The lowest BCUT2D eigenvalue weighted by molar-refractivity contribution is 0.0694. The van der Waals surface area contributed by atoms with Gasteiger partial charge in [0.15, 0.2) is 5.13 Å². The standard InChI is InChI=1S/C24H29N5O4S/c1-14(29(5)6)18-11-15(7-9-17(18)21(30)31)27-22(32)28-23-26-12-16(34-23)8-10-20-25-13-19(33-20)24(2,3)4/h7-14H,1-6H3,(H,30,31)(H2,26,27,28,32)/b10-8+. The molecule has 2 heterocycles. The quantitative estimate of drug-likeness (QED) is 0.402. The molecule has 0 aliphatic rings. The Morgan fingerprint density at radius 1 is 1.15 bits per heavy atom. The number of benzene rings is 1. The highest BCUT2D eigenvalue weighted by Gasteiger charge is 2.19. The van der Waals surface area contributed by atoms with Crippen LogP contribution in [0.4, 0.5) is 15.6 Å². The molecule has 3 N–H and O–H groups in total. The first kappa shape index (κ1) is 25.1. The van der Waals surface area contributed by atoms with Gasteiger partial charge in [-0.3, -0.25) is 5.32 Å². The summed E-state index contributed by atoms with van der Waals surface area (Å²) in [4.78, 5) is 35.2. The number of nitrogens with one attached hydrogen (secondary N) is 2. The lowest BCUT2D eigenvalue weighted by Crippen LogP contribution is -2.22. The molecule has 9 nitrogen and oxygen atoms in total. The number of carbonyl (C=O) groups excluding carboxylic acids is 1. The predicted molar refractivity (Wildman–Crippen MR) is 134 cm³/mol. The van der Waals surface area contributed by atoms with Gasteiger partial charge in [-0.1, -0.05) is 32.1 Å². The summed E-state index contributed by atoms with van der Waals surface area (Å²) in [5.41, 5.74) is 1.18. The molecule has 1 aromatic carbocycles. The van der Waals surface area contributed by atoms with Gasteiger partial charge < -0.3 is 19.7 Å². The topological polar surface area (TPSA) is 121 Å². The fourth-order valence-electron chi connectivity index (χ4n) is 3.00. The number of amides is 2. The summed E-state index contributed by atoms with van der Waals surface area (Å²) in [6.45, 7) is 8.06. The molecule has 0 spiro atoms. The zero-order valence-electron chi connectivity index (χ0n) is 20.0. The van der Waals surface area contributed by atoms with Crippen molar-refractivity contribution in [1.29, 1.82) is 0 Å². The SMILES string of the molecule is CC(c1cc(NC(=O)Nc2ncc(/C=C/c3ncc(C(C)(C)C)o3)s2)ccc1C(=O)O)N(C)C. The van der Waals surface area contributed by atoms with Crippen molar-refractivity contribution in [2.75, 3.05) is 24.7 Å². The molecule has 2 amide bonds. The Kier molecular flexibility index (Phi) is 7.53. The molecule has 3 rings (SSSR count). The zero-order valence-corrected chi connectivity index (χ0v) is 20.9. The highest BCUT2D eigenvalue weighted by Crippen LogP contribution is 2.27. The summed E-state index contributed by atoms with van der Waals surface area (Å²) in [5, 5.41) is 15.3. The van der Waals surface area contributed by atoms with Crippen LogP contribution in [-0.2, 0) is 5.41 Å². The molecular weight excluding hydrogens is 454 g/mol. The minimum Gasteiger partial charge on any atom is -0.478 e. The van der Waals surface area contributed by atoms with Crippen molar-refractivity contribution in [3.63, 3.8) is 0 Å². The molecule has 0 fully saturated rings. The van der Waals surface area contributed by atoms with Crippen LogP contribution in [0.2, 0.25) is 0 Å². The predicted octanol–water partition coefficient (Wildman–Crippen LogP) is 5.56. The van der Waals surface area contributed by atoms with Gasteiger partial charge in [-0.15, -0.1) is 0 Å². The minimum absolute atomic E-state index is 0.118. The number of anilines is 2. The fraction of sp³-hybridized carbons (Fsp3) is 0.333. The van der Waals surface area contributed by atoms with Crippen LogP contribution in [0.1, 0.15) is 66.2 Å². The maximum absolute atomic E-state index is 12.5. The van der Waals surface area contributed by atoms with Gasteiger partial charge in [0.25, 0.3) is 0 Å². The van der Waals surface area contributed by atoms with Gasteiger partial charge in [-0.05, 0) is 50.9 Å². The number of thiazole rings is 1. The van der Waals surface area contributed by atoms with Gasteiger partial charge in [-0.2, -0.15) is 0 Å². The van der Waals surface area contributed by atoms with E-state index in [0.717, 1.165) is 10.6 Å². The number of oxazole rings is 1. The van der Waals surface area contributed by atoms with E-state index in [-0.39, 0.29) is 17.0 Å². The number of carboxylic acid groups (broad SMARTS) is 1. The van der Waals surface area contributed by atoms with Crippen molar-refractivity contribution in [2.45, 2.75) is 39.2 Å². The average molecular weight is 484 g/mol. The highest BCUT2D eigenvalue weighted by atomic mass is 32.1. The largest absolute Gasteiger partial charge is 0.478 e. The van der Waals surface area contributed by atoms with Crippen LogP contribution < -0.4 is 10.6 Å². The van der Waals surface area contributed by atoms with E-state index in [9.17, 15) is 14.7 Å².